The fourth-order valence-electron chi connectivity index (χ4n) is 3.45. The van der Waals surface area contributed by atoms with Crippen molar-refractivity contribution >= 4 is 0 Å². The molecule has 0 spiro atoms. The lowest BCUT2D eigenvalue weighted by Crippen LogP contribution is -2.54. The Morgan fingerprint density at radius 2 is 2.11 bits per heavy atom. The van der Waals surface area contributed by atoms with E-state index in [4.69, 9.17) is 4.74 Å². The molecule has 0 saturated carbocycles. The molecule has 0 aromatic heterocycles. The van der Waals surface area contributed by atoms with E-state index in [9.17, 15) is 0 Å². The van der Waals surface area contributed by atoms with E-state index in [2.05, 4.69) is 31.0 Å². The number of ether oxygens (including phenoxy) is 1. The monoisotopic (exact) mass is 254 g/mol. The average molecular weight is 254 g/mol. The maximum absolute atomic E-state index is 5.88. The molecular weight excluding hydrogens is 224 g/mol. The van der Waals surface area contributed by atoms with Gasteiger partial charge in [0, 0.05) is 24.7 Å². The Kier molecular flexibility index (Phi) is 5.05. The molecule has 0 radical (unpaired) electrons. The van der Waals surface area contributed by atoms with E-state index in [0.717, 1.165) is 13.2 Å². The predicted octanol–water partition coefficient (Wildman–Crippen LogP) is 2.41. The average Bonchev–Trinajstić information content (AvgIpc) is 2.85. The molecule has 2 atom stereocenters. The minimum atomic E-state index is 0.323. The van der Waals surface area contributed by atoms with E-state index in [-0.39, 0.29) is 0 Å². The van der Waals surface area contributed by atoms with Gasteiger partial charge in [-0.3, -0.25) is 4.90 Å². The second kappa shape index (κ2) is 6.36. The summed E-state index contributed by atoms with van der Waals surface area (Å²) in [4.78, 5) is 2.67. The van der Waals surface area contributed by atoms with Crippen molar-refractivity contribution in [3.63, 3.8) is 0 Å². The van der Waals surface area contributed by atoms with Gasteiger partial charge in [-0.2, -0.15) is 0 Å². The summed E-state index contributed by atoms with van der Waals surface area (Å²) in [7, 11) is 0. The summed E-state index contributed by atoms with van der Waals surface area (Å²) in [5.41, 5.74) is 0.323. The molecule has 18 heavy (non-hydrogen) atoms. The fourth-order valence-corrected chi connectivity index (χ4v) is 3.45. The van der Waals surface area contributed by atoms with Crippen LogP contribution in [0.25, 0.3) is 0 Å². The molecule has 3 nitrogen and oxygen atoms in total. The Morgan fingerprint density at radius 1 is 1.33 bits per heavy atom. The first-order valence-corrected chi connectivity index (χ1v) is 7.81. The first-order valence-electron chi connectivity index (χ1n) is 7.81. The van der Waals surface area contributed by atoms with E-state index in [1.165, 1.54) is 45.2 Å². The lowest BCUT2D eigenvalue weighted by atomic mass is 9.91. The van der Waals surface area contributed by atoms with E-state index >= 15 is 0 Å². The third kappa shape index (κ3) is 3.06. The minimum Gasteiger partial charge on any atom is -0.377 e. The van der Waals surface area contributed by atoms with Gasteiger partial charge < -0.3 is 10.1 Å². The molecule has 0 aromatic rings. The Bertz CT molecular complexity index is 247. The predicted molar refractivity (Wildman–Crippen MR) is 75.9 cm³/mol. The fraction of sp³-hybridized carbons (Fsp3) is 1.00. The topological polar surface area (TPSA) is 24.5 Å². The van der Waals surface area contributed by atoms with Crippen molar-refractivity contribution in [2.75, 3.05) is 26.2 Å². The lowest BCUT2D eigenvalue weighted by Gasteiger charge is -2.39. The quantitative estimate of drug-likeness (QED) is 0.834. The van der Waals surface area contributed by atoms with Crippen LogP contribution < -0.4 is 5.32 Å². The zero-order valence-electron chi connectivity index (χ0n) is 12.4. The van der Waals surface area contributed by atoms with Gasteiger partial charge in [0.15, 0.2) is 0 Å². The molecule has 3 heteroatoms. The van der Waals surface area contributed by atoms with Crippen LogP contribution in [-0.4, -0.2) is 48.8 Å². The molecule has 1 N–H and O–H groups in total. The standard InChI is InChI=1S/C15H30N2O/c1-4-15(5-2)12-17(10-7-9-16-15)13(3)14-8-6-11-18-14/h13-14,16H,4-12H2,1-3H3. The largest absolute Gasteiger partial charge is 0.377 e. The van der Waals surface area contributed by atoms with Crippen LogP contribution in [0.4, 0.5) is 0 Å². The van der Waals surface area contributed by atoms with Crippen molar-refractivity contribution in [2.24, 2.45) is 0 Å². The molecular formula is C15H30N2O. The zero-order chi connectivity index (χ0) is 13.0. The summed E-state index contributed by atoms with van der Waals surface area (Å²) in [5.74, 6) is 0. The lowest BCUT2D eigenvalue weighted by molar-refractivity contribution is 0.0232. The number of nitrogens with zero attached hydrogens (tertiary/aromatic N) is 1. The van der Waals surface area contributed by atoms with Crippen molar-refractivity contribution in [1.82, 2.24) is 10.2 Å². The van der Waals surface area contributed by atoms with E-state index in [1.54, 1.807) is 0 Å². The summed E-state index contributed by atoms with van der Waals surface area (Å²) in [6.07, 6.45) is 6.66. The molecule has 2 aliphatic rings. The molecule has 106 valence electrons. The molecule has 2 heterocycles. The Morgan fingerprint density at radius 3 is 2.72 bits per heavy atom. The zero-order valence-corrected chi connectivity index (χ0v) is 12.4. The van der Waals surface area contributed by atoms with Crippen LogP contribution in [0.1, 0.15) is 52.9 Å². The molecule has 2 fully saturated rings. The number of hydrogen-bond acceptors (Lipinski definition) is 3. The molecule has 2 aliphatic heterocycles. The first kappa shape index (κ1) is 14.3. The second-order valence-electron chi connectivity index (χ2n) is 6.03. The number of nitrogens with one attached hydrogen (secondary N) is 1. The van der Waals surface area contributed by atoms with Crippen molar-refractivity contribution in [3.8, 4) is 0 Å². The van der Waals surface area contributed by atoms with Crippen molar-refractivity contribution < 1.29 is 4.74 Å². The van der Waals surface area contributed by atoms with Gasteiger partial charge in [-0.1, -0.05) is 13.8 Å². The molecule has 0 bridgehead atoms. The number of rotatable bonds is 4. The van der Waals surface area contributed by atoms with Gasteiger partial charge in [0.1, 0.15) is 0 Å². The van der Waals surface area contributed by atoms with Gasteiger partial charge in [0.25, 0.3) is 0 Å². The normalized spacial score (nSPS) is 31.2. The van der Waals surface area contributed by atoms with Crippen LogP contribution in [0.3, 0.4) is 0 Å². The summed E-state index contributed by atoms with van der Waals surface area (Å²) in [5, 5.41) is 3.79. The maximum Gasteiger partial charge on any atom is 0.0728 e. The highest BCUT2D eigenvalue weighted by Crippen LogP contribution is 2.25. The molecule has 2 rings (SSSR count). The van der Waals surface area contributed by atoms with Gasteiger partial charge >= 0.3 is 0 Å². The SMILES string of the molecule is CCC1(CC)CN(C(C)C2CCCO2)CCCN1. The molecule has 0 amide bonds. The summed E-state index contributed by atoms with van der Waals surface area (Å²) < 4.78 is 5.88. The summed E-state index contributed by atoms with van der Waals surface area (Å²) in [6.45, 7) is 11.5. The Labute approximate surface area is 112 Å². The van der Waals surface area contributed by atoms with E-state index in [1.807, 2.05) is 0 Å². The second-order valence-corrected chi connectivity index (χ2v) is 6.03. The van der Waals surface area contributed by atoms with Crippen molar-refractivity contribution in [1.29, 1.82) is 0 Å². The van der Waals surface area contributed by atoms with E-state index in [0.29, 0.717) is 17.7 Å². The van der Waals surface area contributed by atoms with Gasteiger partial charge in [0.05, 0.1) is 6.10 Å². The van der Waals surface area contributed by atoms with Crippen LogP contribution >= 0.6 is 0 Å². The third-order valence-corrected chi connectivity index (χ3v) is 5.06. The Hall–Kier alpha value is -0.120. The molecule has 2 unspecified atom stereocenters. The Balaban J connectivity index is 2.01. The van der Waals surface area contributed by atoms with E-state index < -0.39 is 0 Å². The molecule has 2 saturated heterocycles. The maximum atomic E-state index is 5.88. The smallest absolute Gasteiger partial charge is 0.0728 e. The van der Waals surface area contributed by atoms with Gasteiger partial charge in [-0.05, 0) is 52.1 Å². The van der Waals surface area contributed by atoms with Crippen LogP contribution in [-0.2, 0) is 4.74 Å². The number of hydrogen-bond donors (Lipinski definition) is 1. The highest BCUT2D eigenvalue weighted by Gasteiger charge is 2.35. The highest BCUT2D eigenvalue weighted by atomic mass is 16.5. The van der Waals surface area contributed by atoms with Crippen molar-refractivity contribution in [3.05, 3.63) is 0 Å². The van der Waals surface area contributed by atoms with Crippen LogP contribution in [0.5, 0.6) is 0 Å². The van der Waals surface area contributed by atoms with Crippen molar-refractivity contribution in [2.45, 2.75) is 70.6 Å². The van der Waals surface area contributed by atoms with Gasteiger partial charge in [-0.25, -0.2) is 0 Å². The van der Waals surface area contributed by atoms with Crippen LogP contribution in [0.15, 0.2) is 0 Å². The van der Waals surface area contributed by atoms with Crippen LogP contribution in [0.2, 0.25) is 0 Å². The summed E-state index contributed by atoms with van der Waals surface area (Å²) >= 11 is 0. The van der Waals surface area contributed by atoms with Gasteiger partial charge in [-0.15, -0.1) is 0 Å². The molecule has 0 aromatic carbocycles. The minimum absolute atomic E-state index is 0.323. The van der Waals surface area contributed by atoms with Gasteiger partial charge in [0.2, 0.25) is 0 Å². The summed E-state index contributed by atoms with van der Waals surface area (Å²) in [6, 6.07) is 0.574. The van der Waals surface area contributed by atoms with Crippen LogP contribution in [0, 0.1) is 0 Å². The molecule has 0 aliphatic carbocycles. The highest BCUT2D eigenvalue weighted by molar-refractivity contribution is 4.94. The first-order chi connectivity index (χ1) is 8.71. The third-order valence-electron chi connectivity index (χ3n) is 5.06.